The van der Waals surface area contributed by atoms with E-state index in [4.69, 9.17) is 61.5 Å². The molecule has 17 rings (SSSR count). The van der Waals surface area contributed by atoms with Gasteiger partial charge in [-0.3, -0.25) is 77.9 Å². The quantitative estimate of drug-likeness (QED) is 0.0193. The molecule has 2 aromatic heterocycles. The predicted molar refractivity (Wildman–Crippen MR) is 471 cm³/mol. The molecule has 36 heteroatoms. The number of aryl methyl sites for hydroxylation is 1. The van der Waals surface area contributed by atoms with Crippen molar-refractivity contribution in [3.05, 3.63) is 183 Å². The van der Waals surface area contributed by atoms with Crippen LogP contribution in [0.5, 0.6) is 23.0 Å². The van der Waals surface area contributed by atoms with Crippen molar-refractivity contribution in [3.63, 3.8) is 0 Å². The summed E-state index contributed by atoms with van der Waals surface area (Å²) >= 11 is 0. The number of fused-ring (bicyclic) bond motifs is 4. The van der Waals surface area contributed by atoms with E-state index in [0.29, 0.717) is 96.1 Å². The summed E-state index contributed by atoms with van der Waals surface area (Å²) in [6, 6.07) is 33.0. The van der Waals surface area contributed by atoms with Crippen LogP contribution in [0, 0.1) is 6.92 Å². The Bertz CT molecular complexity index is 5540. The fourth-order valence-corrected chi connectivity index (χ4v) is 17.1. The van der Waals surface area contributed by atoms with E-state index in [-0.39, 0.29) is 104 Å². The van der Waals surface area contributed by atoms with Crippen LogP contribution in [-0.4, -0.2) is 281 Å². The number of rotatable bonds is 38. The van der Waals surface area contributed by atoms with E-state index < -0.39 is 68.5 Å². The molecule has 4 saturated heterocycles. The number of benzene rings is 5. The lowest BCUT2D eigenvalue weighted by Crippen LogP contribution is -2.62. The smallest absolute Gasteiger partial charge is 0.297 e. The highest BCUT2D eigenvalue weighted by atomic mass is 32.2. The number of nitrogens with zero attached hydrogens (tertiary/aromatic N) is 11. The number of amides is 8. The van der Waals surface area contributed by atoms with Gasteiger partial charge in [0.05, 0.1) is 149 Å². The zero-order valence-corrected chi connectivity index (χ0v) is 74.5. The summed E-state index contributed by atoms with van der Waals surface area (Å²) in [5.74, 6) is -0.115. The maximum Gasteiger partial charge on any atom is 0.297 e. The number of aliphatic imine (C=N–C) groups is 2. The third kappa shape index (κ3) is 22.4. The maximum absolute atomic E-state index is 13.2. The Morgan fingerprint density at radius 3 is 1.29 bits per heavy atom. The minimum Gasteiger partial charge on any atom is -0.491 e. The first-order chi connectivity index (χ1) is 62.1. The molecule has 2 unspecified atom stereocenters. The number of hydrogen-bond acceptors (Lipinski definition) is 31. The van der Waals surface area contributed by atoms with Crippen LogP contribution in [0.2, 0.25) is 0 Å². The number of aromatic nitrogens is 4. The molecular formula is C93H110N14O21S. The van der Waals surface area contributed by atoms with E-state index >= 15 is 0 Å². The monoisotopic (exact) mass is 1790 g/mol. The third-order valence-electron chi connectivity index (χ3n) is 24.3. The van der Waals surface area contributed by atoms with Gasteiger partial charge in [-0.2, -0.15) is 8.42 Å². The second-order valence-electron chi connectivity index (χ2n) is 34.3. The Hall–Kier alpha value is -11.5. The lowest BCUT2D eigenvalue weighted by Gasteiger charge is -2.40. The van der Waals surface area contributed by atoms with E-state index in [9.17, 15) is 46.8 Å². The Kier molecular flexibility index (Phi) is 29.1. The van der Waals surface area contributed by atoms with E-state index in [1.807, 2.05) is 13.0 Å². The van der Waals surface area contributed by atoms with Gasteiger partial charge in [-0.25, -0.2) is 19.9 Å². The van der Waals surface area contributed by atoms with Crippen LogP contribution < -0.4 is 44.7 Å². The van der Waals surface area contributed by atoms with Gasteiger partial charge in [0.25, 0.3) is 45.6 Å². The van der Waals surface area contributed by atoms with Crippen molar-refractivity contribution in [2.75, 3.05) is 155 Å². The first-order valence-corrected chi connectivity index (χ1v) is 45.3. The molecule has 10 aliphatic rings. The first-order valence-electron chi connectivity index (χ1n) is 43.9. The molecule has 0 bridgehead atoms. The van der Waals surface area contributed by atoms with Crippen molar-refractivity contribution in [2.24, 2.45) is 9.98 Å². The van der Waals surface area contributed by atoms with Crippen LogP contribution in [0.3, 0.4) is 0 Å². The Labute approximate surface area is 748 Å². The van der Waals surface area contributed by atoms with E-state index in [0.717, 1.165) is 144 Å². The summed E-state index contributed by atoms with van der Waals surface area (Å²) in [5, 5.41) is 7.91. The number of anilines is 2. The van der Waals surface area contributed by atoms with E-state index in [1.165, 1.54) is 61.4 Å². The number of piperazine rings is 2. The molecule has 2 saturated carbocycles. The summed E-state index contributed by atoms with van der Waals surface area (Å²) in [4.78, 5) is 137. The number of imide groups is 4. The van der Waals surface area contributed by atoms with Crippen molar-refractivity contribution in [1.82, 2.24) is 50.6 Å². The van der Waals surface area contributed by atoms with Crippen molar-refractivity contribution >= 4 is 80.4 Å². The highest BCUT2D eigenvalue weighted by Crippen LogP contribution is 2.43. The van der Waals surface area contributed by atoms with Crippen molar-refractivity contribution in [1.29, 1.82) is 0 Å². The van der Waals surface area contributed by atoms with Gasteiger partial charge in [0.15, 0.2) is 0 Å². The summed E-state index contributed by atoms with van der Waals surface area (Å²) in [6.07, 6.45) is 7.92. The molecule has 684 valence electrons. The van der Waals surface area contributed by atoms with Crippen LogP contribution in [0.4, 0.5) is 11.6 Å². The van der Waals surface area contributed by atoms with Gasteiger partial charge in [0.1, 0.15) is 82.8 Å². The zero-order valence-electron chi connectivity index (χ0n) is 73.7. The van der Waals surface area contributed by atoms with Crippen LogP contribution in [0.25, 0.3) is 0 Å². The average molecular weight is 1790 g/mol. The van der Waals surface area contributed by atoms with E-state index in [1.54, 1.807) is 36.9 Å². The van der Waals surface area contributed by atoms with Gasteiger partial charge >= 0.3 is 0 Å². The van der Waals surface area contributed by atoms with Gasteiger partial charge in [-0.15, -0.1) is 0 Å². The molecular weight excluding hydrogens is 1680 g/mol. The van der Waals surface area contributed by atoms with Gasteiger partial charge in [-0.05, 0) is 171 Å². The topological polar surface area (TPSA) is 401 Å². The zero-order chi connectivity index (χ0) is 90.6. The van der Waals surface area contributed by atoms with Gasteiger partial charge < -0.3 is 62.5 Å². The predicted octanol–water partition coefficient (Wildman–Crippen LogP) is 7.37. The van der Waals surface area contributed by atoms with Crippen LogP contribution in [0.15, 0.2) is 137 Å². The van der Waals surface area contributed by atoms with E-state index in [2.05, 4.69) is 121 Å². The molecule has 3 N–H and O–H groups in total. The van der Waals surface area contributed by atoms with Crippen LogP contribution >= 0.6 is 0 Å². The fourth-order valence-electron chi connectivity index (χ4n) is 16.2. The largest absolute Gasteiger partial charge is 0.491 e. The van der Waals surface area contributed by atoms with Crippen molar-refractivity contribution in [2.45, 2.75) is 152 Å². The van der Waals surface area contributed by atoms with Gasteiger partial charge in [0.2, 0.25) is 11.8 Å². The SMILES string of the molecule is C[C@H]1CN(c2cc(C3=NCc4ccc(OC5(C)CC5)cc43)ncn2)CCN1.C[C@H]1CN(c2cc(C3=NCc4ccc(OC5(C)CC5)cc43)ncn2)CCN1CCOCCOCCOCCOc1ccc2c(c1)C(=O)N(C1(C)CCC(=O)NC1=O)C2=O.Cc1ccc(S(=O)(=O)OCCOCCOCCOCCOc2ccc3c(c2)C(=O)N(C2(C)CCC(=O)NC2=O)C3=O)cc1. The van der Waals surface area contributed by atoms with Crippen molar-refractivity contribution in [3.8, 4) is 23.0 Å². The molecule has 8 amide bonds. The fraction of sp³-hybridized carbons (Fsp3) is 0.484. The average Bonchev–Trinajstić information content (AvgIpc) is 1.56. The van der Waals surface area contributed by atoms with Gasteiger partial charge in [-0.1, -0.05) is 29.8 Å². The molecule has 7 aromatic rings. The molecule has 6 fully saturated rings. The minimum atomic E-state index is -3.82. The molecule has 129 heavy (non-hydrogen) atoms. The third-order valence-corrected chi connectivity index (χ3v) is 25.7. The first kappa shape index (κ1) is 92.3. The number of carbonyl (C=O) groups is 8. The number of ether oxygens (including phenoxy) is 10. The number of piperidine rings is 2. The molecule has 2 aliphatic carbocycles. The van der Waals surface area contributed by atoms with Crippen LogP contribution in [0.1, 0.15) is 174 Å². The number of nitrogens with one attached hydrogen (secondary N) is 3. The second kappa shape index (κ2) is 40.7. The lowest BCUT2D eigenvalue weighted by atomic mass is 9.89. The maximum atomic E-state index is 13.2. The van der Waals surface area contributed by atoms with Crippen LogP contribution in [-0.2, 0) is 75.0 Å². The molecule has 0 radical (unpaired) electrons. The lowest BCUT2D eigenvalue weighted by molar-refractivity contribution is -0.142. The Balaban J connectivity index is 0.000000159. The second-order valence-corrected chi connectivity index (χ2v) is 35.9. The highest BCUT2D eigenvalue weighted by molar-refractivity contribution is 7.86. The molecule has 35 nitrogen and oxygen atoms in total. The normalized spacial score (nSPS) is 21.2. The minimum absolute atomic E-state index is 0.0191. The molecule has 8 aliphatic heterocycles. The molecule has 5 aromatic carbocycles. The molecule has 0 spiro atoms. The standard InChI is InChI=1S/C43H51N7O9.C29H34N2O11S.C21H25N5O/c1-28-26-49(36-24-35(45-27-46-36)38-33-23-31(59-42(2)10-11-42)5-4-29(33)25-44-38)13-12-48(28)14-15-55-16-17-56-18-19-57-20-21-58-30-6-7-32-34(22-30)40(53)50(39(32)52)43(3)9-8-37(51)47-41(43)54;1-20-3-6-22(7-4-20)43(36,37)42-18-16-40-14-12-38-11-13-39-15-17-41-21-5-8-23-24(19-21)27(34)31(26(23)33)29(2)10-9-25(32)30-28(29)35;1-14-12-26(8-7-22-14)19-10-18(24-13-25-19)20-17-9-16(27-21(2)5-6-21)4-3-15(17)11-23-20/h4-7,22-24,27-28H,8-21,25-26H2,1-3H3,(H,47,51,54);3-8,19H,9-18H2,1-2H3,(H,30,32,35);3-4,9-10,13-14,22H,5-8,11-12H2,1-2H3/t28-,43?;;14-/m0.0/s1. The molecule has 4 atom stereocenters. The Morgan fingerprint density at radius 2 is 0.853 bits per heavy atom. The number of carbonyl (C=O) groups excluding carboxylic acids is 8. The number of hydrogen-bond donors (Lipinski definition) is 3. The summed E-state index contributed by atoms with van der Waals surface area (Å²) in [7, 11) is -3.82. The van der Waals surface area contributed by atoms with Crippen molar-refractivity contribution < 1.29 is 98.3 Å². The highest BCUT2D eigenvalue weighted by Gasteiger charge is 2.55. The molecule has 10 heterocycles. The summed E-state index contributed by atoms with van der Waals surface area (Å²) in [6.45, 7) is 25.7. The summed E-state index contributed by atoms with van der Waals surface area (Å²) < 4.78 is 86.3. The van der Waals surface area contributed by atoms with Gasteiger partial charge in [0, 0.05) is 94.0 Å². The summed E-state index contributed by atoms with van der Waals surface area (Å²) in [5.41, 5.74) is 6.88. The Morgan fingerprint density at radius 1 is 0.434 bits per heavy atom.